The van der Waals surface area contributed by atoms with Gasteiger partial charge in [-0.15, -0.1) is 0 Å². The molecule has 0 saturated carbocycles. The third-order valence-corrected chi connectivity index (χ3v) is 3.89. The molecule has 0 radical (unpaired) electrons. The lowest BCUT2D eigenvalue weighted by molar-refractivity contribution is 1.22. The molecule has 106 valence electrons. The van der Waals surface area contributed by atoms with Crippen molar-refractivity contribution in [3.05, 3.63) is 77.5 Å². The third-order valence-electron chi connectivity index (χ3n) is 3.89. The number of aromatic nitrogens is 1. The molecule has 1 heterocycles. The summed E-state index contributed by atoms with van der Waals surface area (Å²) < 4.78 is 0. The SMILES string of the molecule is Cc1cnc(-c2ccc(C#N)c(-c3ccccc3)c2)cc1C. The van der Waals surface area contributed by atoms with Gasteiger partial charge in [-0.2, -0.15) is 5.26 Å². The number of hydrogen-bond acceptors (Lipinski definition) is 2. The summed E-state index contributed by atoms with van der Waals surface area (Å²) >= 11 is 0. The lowest BCUT2D eigenvalue weighted by Gasteiger charge is -2.09. The van der Waals surface area contributed by atoms with E-state index in [1.165, 1.54) is 11.1 Å². The fraction of sp³-hybridized carbons (Fsp3) is 0.100. The number of hydrogen-bond donors (Lipinski definition) is 0. The molecule has 1 aromatic heterocycles. The summed E-state index contributed by atoms with van der Waals surface area (Å²) in [6, 6.07) is 20.2. The van der Waals surface area contributed by atoms with Crippen molar-refractivity contribution in [2.75, 3.05) is 0 Å². The maximum absolute atomic E-state index is 9.36. The zero-order valence-electron chi connectivity index (χ0n) is 12.7. The standard InChI is InChI=1S/C20H16N2/c1-14-10-20(22-13-15(14)2)17-8-9-18(12-21)19(11-17)16-6-4-3-5-7-16/h3-11,13H,1-2H3. The van der Waals surface area contributed by atoms with Crippen LogP contribution < -0.4 is 0 Å². The molecule has 0 amide bonds. The first kappa shape index (κ1) is 14.0. The second kappa shape index (κ2) is 5.83. The van der Waals surface area contributed by atoms with E-state index in [-0.39, 0.29) is 0 Å². The van der Waals surface area contributed by atoms with Crippen molar-refractivity contribution in [1.82, 2.24) is 4.98 Å². The normalized spacial score (nSPS) is 10.2. The van der Waals surface area contributed by atoms with Crippen molar-refractivity contribution < 1.29 is 0 Å². The molecule has 0 aliphatic rings. The first-order valence-electron chi connectivity index (χ1n) is 7.22. The Bertz CT molecular complexity index is 859. The summed E-state index contributed by atoms with van der Waals surface area (Å²) in [7, 11) is 0. The highest BCUT2D eigenvalue weighted by molar-refractivity contribution is 5.76. The molecule has 0 atom stereocenters. The van der Waals surface area contributed by atoms with Gasteiger partial charge >= 0.3 is 0 Å². The van der Waals surface area contributed by atoms with Crippen LogP contribution in [0.1, 0.15) is 16.7 Å². The molecule has 0 N–H and O–H groups in total. The molecule has 0 fully saturated rings. The highest BCUT2D eigenvalue weighted by Crippen LogP contribution is 2.29. The molecule has 2 aromatic carbocycles. The topological polar surface area (TPSA) is 36.7 Å². The molecule has 2 nitrogen and oxygen atoms in total. The molecule has 0 unspecified atom stereocenters. The van der Waals surface area contributed by atoms with Gasteiger partial charge in [-0.1, -0.05) is 36.4 Å². The minimum absolute atomic E-state index is 0.679. The Kier molecular flexibility index (Phi) is 3.72. The van der Waals surface area contributed by atoms with Gasteiger partial charge in [-0.25, -0.2) is 0 Å². The molecule has 0 aliphatic heterocycles. The van der Waals surface area contributed by atoms with Crippen LogP contribution in [0.3, 0.4) is 0 Å². The number of rotatable bonds is 2. The Morgan fingerprint density at radius 3 is 2.32 bits per heavy atom. The maximum Gasteiger partial charge on any atom is 0.0998 e. The van der Waals surface area contributed by atoms with Crippen LogP contribution >= 0.6 is 0 Å². The first-order chi connectivity index (χ1) is 10.7. The average molecular weight is 284 g/mol. The zero-order valence-corrected chi connectivity index (χ0v) is 12.7. The maximum atomic E-state index is 9.36. The molecular formula is C20H16N2. The van der Waals surface area contributed by atoms with E-state index in [0.717, 1.165) is 22.4 Å². The van der Waals surface area contributed by atoms with Crippen molar-refractivity contribution in [3.63, 3.8) is 0 Å². The largest absolute Gasteiger partial charge is 0.256 e. The van der Waals surface area contributed by atoms with Crippen molar-refractivity contribution in [3.8, 4) is 28.5 Å². The van der Waals surface area contributed by atoms with E-state index in [1.807, 2.05) is 54.7 Å². The van der Waals surface area contributed by atoms with Crippen LogP contribution in [-0.2, 0) is 0 Å². The van der Waals surface area contributed by atoms with Gasteiger partial charge in [0.1, 0.15) is 0 Å². The van der Waals surface area contributed by atoms with Crippen molar-refractivity contribution in [1.29, 1.82) is 5.26 Å². The molecular weight excluding hydrogens is 268 g/mol. The quantitative estimate of drug-likeness (QED) is 0.670. The van der Waals surface area contributed by atoms with Crippen molar-refractivity contribution >= 4 is 0 Å². The number of nitriles is 1. The van der Waals surface area contributed by atoms with E-state index < -0.39 is 0 Å². The van der Waals surface area contributed by atoms with Crippen LogP contribution in [0.5, 0.6) is 0 Å². The van der Waals surface area contributed by atoms with Gasteiger partial charge in [0.2, 0.25) is 0 Å². The summed E-state index contributed by atoms with van der Waals surface area (Å²) in [5.74, 6) is 0. The fourth-order valence-electron chi connectivity index (χ4n) is 2.44. The molecule has 0 aliphatic carbocycles. The van der Waals surface area contributed by atoms with Gasteiger partial charge in [-0.3, -0.25) is 4.98 Å². The Morgan fingerprint density at radius 1 is 0.864 bits per heavy atom. The second-order valence-corrected chi connectivity index (χ2v) is 5.39. The van der Waals surface area contributed by atoms with Gasteiger partial charge in [0, 0.05) is 17.3 Å². The van der Waals surface area contributed by atoms with Gasteiger partial charge < -0.3 is 0 Å². The lowest BCUT2D eigenvalue weighted by atomic mass is 9.96. The molecule has 0 bridgehead atoms. The van der Waals surface area contributed by atoms with Crippen molar-refractivity contribution in [2.45, 2.75) is 13.8 Å². The van der Waals surface area contributed by atoms with Crippen molar-refractivity contribution in [2.24, 2.45) is 0 Å². The molecule has 0 saturated heterocycles. The number of aryl methyl sites for hydroxylation is 2. The molecule has 3 rings (SSSR count). The van der Waals surface area contributed by atoms with Crippen LogP contribution in [0.2, 0.25) is 0 Å². The van der Waals surface area contributed by atoms with Crippen LogP contribution in [-0.4, -0.2) is 4.98 Å². The third kappa shape index (κ3) is 2.62. The summed E-state index contributed by atoms with van der Waals surface area (Å²) in [6.45, 7) is 4.14. The second-order valence-electron chi connectivity index (χ2n) is 5.39. The van der Waals surface area contributed by atoms with Crippen LogP contribution in [0, 0.1) is 25.2 Å². The predicted octanol–water partition coefficient (Wildman–Crippen LogP) is 4.90. The molecule has 3 aromatic rings. The lowest BCUT2D eigenvalue weighted by Crippen LogP contribution is -1.91. The molecule has 2 heteroatoms. The smallest absolute Gasteiger partial charge is 0.0998 e. The Labute approximate surface area is 130 Å². The summed E-state index contributed by atoms with van der Waals surface area (Å²) in [5.41, 5.74) is 7.03. The van der Waals surface area contributed by atoms with Gasteiger partial charge in [0.05, 0.1) is 17.3 Å². The number of pyridine rings is 1. The monoisotopic (exact) mass is 284 g/mol. The highest BCUT2D eigenvalue weighted by Gasteiger charge is 2.08. The first-order valence-corrected chi connectivity index (χ1v) is 7.22. The minimum Gasteiger partial charge on any atom is -0.256 e. The fourth-order valence-corrected chi connectivity index (χ4v) is 2.44. The minimum atomic E-state index is 0.679. The molecule has 0 spiro atoms. The Hall–Kier alpha value is -2.92. The Morgan fingerprint density at radius 2 is 1.64 bits per heavy atom. The number of nitrogens with zero attached hydrogens (tertiary/aromatic N) is 2. The highest BCUT2D eigenvalue weighted by atomic mass is 14.7. The zero-order chi connectivity index (χ0) is 15.5. The van der Waals surface area contributed by atoms with E-state index in [0.29, 0.717) is 5.56 Å². The van der Waals surface area contributed by atoms with E-state index in [1.54, 1.807) is 0 Å². The molecule has 22 heavy (non-hydrogen) atoms. The van der Waals surface area contributed by atoms with E-state index in [9.17, 15) is 5.26 Å². The Balaban J connectivity index is 2.15. The van der Waals surface area contributed by atoms with E-state index in [2.05, 4.69) is 31.0 Å². The predicted molar refractivity (Wildman–Crippen MR) is 89.3 cm³/mol. The van der Waals surface area contributed by atoms with Gasteiger partial charge in [0.15, 0.2) is 0 Å². The van der Waals surface area contributed by atoms with Gasteiger partial charge in [0.25, 0.3) is 0 Å². The average Bonchev–Trinajstić information content (AvgIpc) is 2.57. The van der Waals surface area contributed by atoms with Crippen LogP contribution in [0.25, 0.3) is 22.4 Å². The van der Waals surface area contributed by atoms with Crippen LogP contribution in [0.15, 0.2) is 60.8 Å². The summed E-state index contributed by atoms with van der Waals surface area (Å²) in [4.78, 5) is 4.52. The van der Waals surface area contributed by atoms with Gasteiger partial charge in [-0.05, 0) is 48.7 Å². The van der Waals surface area contributed by atoms with E-state index in [4.69, 9.17) is 0 Å². The summed E-state index contributed by atoms with van der Waals surface area (Å²) in [5, 5.41) is 9.36. The number of benzene rings is 2. The summed E-state index contributed by atoms with van der Waals surface area (Å²) in [6.07, 6.45) is 1.89. The van der Waals surface area contributed by atoms with E-state index >= 15 is 0 Å². The van der Waals surface area contributed by atoms with Crippen LogP contribution in [0.4, 0.5) is 0 Å².